The van der Waals surface area contributed by atoms with Gasteiger partial charge in [-0.05, 0) is 24.5 Å². The van der Waals surface area contributed by atoms with Crippen LogP contribution in [0.15, 0.2) is 29.1 Å². The highest BCUT2D eigenvalue weighted by molar-refractivity contribution is 5.89. The van der Waals surface area contributed by atoms with Crippen molar-refractivity contribution in [1.29, 1.82) is 0 Å². The van der Waals surface area contributed by atoms with Crippen LogP contribution in [0.25, 0.3) is 11.0 Å². The molecular weight excluding hydrogens is 398 g/mol. The van der Waals surface area contributed by atoms with Crippen molar-refractivity contribution in [1.82, 2.24) is 24.3 Å². The van der Waals surface area contributed by atoms with E-state index < -0.39 is 6.03 Å². The number of para-hydroxylation sites is 2. The Hall–Kier alpha value is -2.65. The lowest BCUT2D eigenvalue weighted by Crippen LogP contribution is -2.41. The normalized spacial score (nSPS) is 15.7. The van der Waals surface area contributed by atoms with Gasteiger partial charge in [-0.2, -0.15) is 0 Å². The zero-order valence-electron chi connectivity index (χ0n) is 18.7. The van der Waals surface area contributed by atoms with Crippen molar-refractivity contribution in [2.45, 2.75) is 26.3 Å². The third-order valence-electron chi connectivity index (χ3n) is 5.73. The molecule has 2 aromatic rings. The largest absolute Gasteiger partial charge is 0.379 e. The number of carbonyl (C=O) groups excluding carboxylic acids is 2. The van der Waals surface area contributed by atoms with Gasteiger partial charge in [0.25, 0.3) is 0 Å². The molecule has 3 rings (SSSR count). The van der Waals surface area contributed by atoms with Gasteiger partial charge >= 0.3 is 11.7 Å². The van der Waals surface area contributed by atoms with Gasteiger partial charge in [0, 0.05) is 53.2 Å². The number of imidazole rings is 1. The molecule has 1 aromatic heterocycles. The van der Waals surface area contributed by atoms with E-state index in [9.17, 15) is 14.4 Å². The smallest absolute Gasteiger partial charge is 0.337 e. The molecule has 1 saturated heterocycles. The molecule has 1 atom stereocenters. The molecule has 1 aromatic carbocycles. The van der Waals surface area contributed by atoms with Crippen LogP contribution in [0, 0.1) is 5.92 Å². The minimum Gasteiger partial charge on any atom is -0.379 e. The summed E-state index contributed by atoms with van der Waals surface area (Å²) in [6.45, 7) is 6.74. The van der Waals surface area contributed by atoms with E-state index in [4.69, 9.17) is 4.74 Å². The fraction of sp³-hybridized carbons (Fsp3) is 0.591. The molecule has 1 aliphatic heterocycles. The number of ether oxygens (including phenoxy) is 1. The molecule has 1 N–H and O–H groups in total. The quantitative estimate of drug-likeness (QED) is 0.679. The van der Waals surface area contributed by atoms with Crippen molar-refractivity contribution < 1.29 is 14.3 Å². The first-order valence-corrected chi connectivity index (χ1v) is 10.9. The first-order valence-electron chi connectivity index (χ1n) is 10.9. The lowest BCUT2D eigenvalue weighted by molar-refractivity contribution is -0.128. The monoisotopic (exact) mass is 431 g/mol. The Bertz CT molecular complexity index is 958. The van der Waals surface area contributed by atoms with Crippen LogP contribution in [-0.2, 0) is 16.1 Å². The molecule has 0 unspecified atom stereocenters. The van der Waals surface area contributed by atoms with Gasteiger partial charge in [0.05, 0.1) is 24.2 Å². The highest BCUT2D eigenvalue weighted by Crippen LogP contribution is 2.13. The van der Waals surface area contributed by atoms with Crippen LogP contribution in [-0.4, -0.2) is 84.4 Å². The van der Waals surface area contributed by atoms with Gasteiger partial charge in [-0.15, -0.1) is 0 Å². The van der Waals surface area contributed by atoms with Crippen molar-refractivity contribution in [2.75, 3.05) is 53.5 Å². The summed E-state index contributed by atoms with van der Waals surface area (Å²) in [5.41, 5.74) is 1.02. The Morgan fingerprint density at radius 1 is 1.13 bits per heavy atom. The second kappa shape index (κ2) is 10.6. The second-order valence-electron chi connectivity index (χ2n) is 8.33. The molecule has 0 spiro atoms. The number of hydrogen-bond donors (Lipinski definition) is 1. The van der Waals surface area contributed by atoms with E-state index in [1.165, 1.54) is 4.57 Å². The van der Waals surface area contributed by atoms with Gasteiger partial charge in [0.1, 0.15) is 0 Å². The Morgan fingerprint density at radius 2 is 1.81 bits per heavy atom. The van der Waals surface area contributed by atoms with Crippen molar-refractivity contribution in [2.24, 2.45) is 5.92 Å². The number of amides is 2. The van der Waals surface area contributed by atoms with Gasteiger partial charge in [0.2, 0.25) is 5.91 Å². The number of benzene rings is 1. The molecule has 0 radical (unpaired) electrons. The van der Waals surface area contributed by atoms with E-state index in [2.05, 4.69) is 10.2 Å². The number of fused-ring (bicyclic) bond motifs is 1. The SMILES string of the molecule is C[C@@H](CCC(=O)N(C)C)CNC(=O)n1c(=O)n(CCN2CCOCC2)c2ccccc21. The number of hydrogen-bond acceptors (Lipinski definition) is 5. The second-order valence-corrected chi connectivity index (χ2v) is 8.33. The predicted molar refractivity (Wildman–Crippen MR) is 119 cm³/mol. The molecule has 31 heavy (non-hydrogen) atoms. The summed E-state index contributed by atoms with van der Waals surface area (Å²) >= 11 is 0. The summed E-state index contributed by atoms with van der Waals surface area (Å²) in [6, 6.07) is 6.93. The molecule has 2 amide bonds. The van der Waals surface area contributed by atoms with E-state index in [0.717, 1.165) is 25.2 Å². The van der Waals surface area contributed by atoms with E-state index in [-0.39, 0.29) is 17.5 Å². The molecule has 170 valence electrons. The Labute approximate surface area is 182 Å². The van der Waals surface area contributed by atoms with E-state index in [1.54, 1.807) is 29.6 Å². The maximum absolute atomic E-state index is 13.1. The van der Waals surface area contributed by atoms with Crippen LogP contribution >= 0.6 is 0 Å². The third-order valence-corrected chi connectivity index (χ3v) is 5.73. The number of nitrogens with one attached hydrogen (secondary N) is 1. The Kier molecular flexibility index (Phi) is 7.86. The van der Waals surface area contributed by atoms with Gasteiger partial charge < -0.3 is 15.0 Å². The summed E-state index contributed by atoms with van der Waals surface area (Å²) in [4.78, 5) is 41.6. The van der Waals surface area contributed by atoms with Gasteiger partial charge in [-0.3, -0.25) is 14.3 Å². The maximum Gasteiger partial charge on any atom is 0.337 e. The molecule has 9 nitrogen and oxygen atoms in total. The molecule has 0 bridgehead atoms. The minimum absolute atomic E-state index is 0.0673. The summed E-state index contributed by atoms with van der Waals surface area (Å²) in [5, 5.41) is 2.86. The van der Waals surface area contributed by atoms with E-state index in [1.807, 2.05) is 25.1 Å². The molecule has 0 saturated carbocycles. The lowest BCUT2D eigenvalue weighted by Gasteiger charge is -2.26. The molecule has 1 aliphatic rings. The molecular formula is C22H33N5O4. The van der Waals surface area contributed by atoms with Crippen LogP contribution in [0.4, 0.5) is 4.79 Å². The highest BCUT2D eigenvalue weighted by atomic mass is 16.5. The first-order chi connectivity index (χ1) is 14.9. The number of aromatic nitrogens is 2. The predicted octanol–water partition coefficient (Wildman–Crippen LogP) is 1.20. The van der Waals surface area contributed by atoms with Crippen LogP contribution in [0.5, 0.6) is 0 Å². The molecule has 1 fully saturated rings. The average molecular weight is 432 g/mol. The molecule has 9 heteroatoms. The maximum atomic E-state index is 13.1. The number of morpholine rings is 1. The molecule has 2 heterocycles. The van der Waals surface area contributed by atoms with Crippen LogP contribution in [0.1, 0.15) is 19.8 Å². The van der Waals surface area contributed by atoms with Gasteiger partial charge in [-0.1, -0.05) is 19.1 Å². The van der Waals surface area contributed by atoms with Crippen molar-refractivity contribution in [3.63, 3.8) is 0 Å². The summed E-state index contributed by atoms with van der Waals surface area (Å²) in [6.07, 6.45) is 1.11. The number of rotatable bonds is 8. The topological polar surface area (TPSA) is 88.8 Å². The minimum atomic E-state index is -0.433. The fourth-order valence-electron chi connectivity index (χ4n) is 3.72. The average Bonchev–Trinajstić information content (AvgIpc) is 3.06. The molecule has 0 aliphatic carbocycles. The highest BCUT2D eigenvalue weighted by Gasteiger charge is 2.20. The summed E-state index contributed by atoms with van der Waals surface area (Å²) in [7, 11) is 3.46. The fourth-order valence-corrected chi connectivity index (χ4v) is 3.72. The standard InChI is InChI=1S/C22H33N5O4/c1-17(8-9-20(28)24(2)3)16-23-21(29)27-19-7-5-4-6-18(19)26(22(27)30)11-10-25-12-14-31-15-13-25/h4-7,17H,8-16H2,1-3H3,(H,23,29)/t17-/m0/s1. The summed E-state index contributed by atoms with van der Waals surface area (Å²) in [5.74, 6) is 0.191. The Balaban J connectivity index is 1.68. The number of nitrogens with zero attached hydrogens (tertiary/aromatic N) is 4. The third kappa shape index (κ3) is 5.74. The van der Waals surface area contributed by atoms with Gasteiger partial charge in [-0.25, -0.2) is 14.2 Å². The van der Waals surface area contributed by atoms with Crippen molar-refractivity contribution in [3.05, 3.63) is 34.7 Å². The van der Waals surface area contributed by atoms with Crippen LogP contribution < -0.4 is 11.0 Å². The van der Waals surface area contributed by atoms with E-state index in [0.29, 0.717) is 44.7 Å². The van der Waals surface area contributed by atoms with Crippen molar-refractivity contribution >= 4 is 23.0 Å². The van der Waals surface area contributed by atoms with E-state index >= 15 is 0 Å². The zero-order valence-corrected chi connectivity index (χ0v) is 18.7. The van der Waals surface area contributed by atoms with Gasteiger partial charge in [0.15, 0.2) is 0 Å². The van der Waals surface area contributed by atoms with Crippen molar-refractivity contribution in [3.8, 4) is 0 Å². The summed E-state index contributed by atoms with van der Waals surface area (Å²) < 4.78 is 8.27. The van der Waals surface area contributed by atoms with Crippen LogP contribution in [0.3, 0.4) is 0 Å². The van der Waals surface area contributed by atoms with Crippen LogP contribution in [0.2, 0.25) is 0 Å². The number of carbonyl (C=O) groups is 2. The first kappa shape index (κ1) is 23.0. The Morgan fingerprint density at radius 3 is 2.48 bits per heavy atom. The lowest BCUT2D eigenvalue weighted by atomic mass is 10.1. The zero-order chi connectivity index (χ0) is 22.4.